The molecular weight excluding hydrogens is 250 g/mol. The Morgan fingerprint density at radius 3 is 1.40 bits per heavy atom. The highest BCUT2D eigenvalue weighted by Gasteiger charge is 2.57. The number of hydrogen-bond acceptors (Lipinski definition) is 2. The van der Waals surface area contributed by atoms with Gasteiger partial charge in [-0.3, -0.25) is 14.5 Å². The van der Waals surface area contributed by atoms with Gasteiger partial charge in [0.25, 0.3) is 0 Å². The lowest BCUT2D eigenvalue weighted by atomic mass is 9.62. The van der Waals surface area contributed by atoms with Gasteiger partial charge in [0, 0.05) is 6.04 Å². The van der Waals surface area contributed by atoms with E-state index in [1.807, 2.05) is 13.8 Å². The third-order valence-electron chi connectivity index (χ3n) is 5.42. The molecule has 1 saturated heterocycles. The average Bonchev–Trinajstić information content (AvgIpc) is 2.61. The maximum atomic E-state index is 12.8. The minimum Gasteiger partial charge on any atom is -0.280 e. The van der Waals surface area contributed by atoms with Gasteiger partial charge in [-0.15, -0.1) is 0 Å². The standard InChI is InChI=1S/C17H29NO2/c1-9(2)12-7-8-13(10(3)4)15-14(12)16(19)18(11(5)6)17(15)20/h9-15H,7-8H2,1-6H3. The van der Waals surface area contributed by atoms with Crippen molar-refractivity contribution in [3.8, 4) is 0 Å². The van der Waals surface area contributed by atoms with Crippen molar-refractivity contribution in [1.82, 2.24) is 4.90 Å². The summed E-state index contributed by atoms with van der Waals surface area (Å²) in [4.78, 5) is 27.1. The molecule has 3 nitrogen and oxygen atoms in total. The Balaban J connectivity index is 2.40. The second-order valence-corrected chi connectivity index (χ2v) is 7.58. The number of carbonyl (C=O) groups is 2. The van der Waals surface area contributed by atoms with Crippen molar-refractivity contribution in [1.29, 1.82) is 0 Å². The maximum absolute atomic E-state index is 12.8. The van der Waals surface area contributed by atoms with Gasteiger partial charge in [-0.1, -0.05) is 27.7 Å². The summed E-state index contributed by atoms with van der Waals surface area (Å²) in [7, 11) is 0. The molecule has 0 aromatic carbocycles. The molecule has 2 fully saturated rings. The molecule has 1 aliphatic heterocycles. The summed E-state index contributed by atoms with van der Waals surface area (Å²) in [5, 5.41) is 0. The van der Waals surface area contributed by atoms with E-state index in [1.165, 1.54) is 0 Å². The fourth-order valence-electron chi connectivity index (χ4n) is 4.38. The second kappa shape index (κ2) is 5.50. The first-order valence-corrected chi connectivity index (χ1v) is 8.14. The van der Waals surface area contributed by atoms with Crippen molar-refractivity contribution in [3.05, 3.63) is 0 Å². The van der Waals surface area contributed by atoms with E-state index in [0.29, 0.717) is 23.7 Å². The van der Waals surface area contributed by atoms with Crippen LogP contribution in [0.5, 0.6) is 0 Å². The van der Waals surface area contributed by atoms with Gasteiger partial charge in [0.1, 0.15) is 0 Å². The SMILES string of the molecule is CC(C)C1CCC(C(C)C)C2C(=O)N(C(C)C)C(=O)C12. The summed E-state index contributed by atoms with van der Waals surface area (Å²) in [5.41, 5.74) is 0. The van der Waals surface area contributed by atoms with Crippen LogP contribution in [0.4, 0.5) is 0 Å². The number of rotatable bonds is 3. The Labute approximate surface area is 123 Å². The van der Waals surface area contributed by atoms with Gasteiger partial charge in [0.15, 0.2) is 0 Å². The van der Waals surface area contributed by atoms with Crippen molar-refractivity contribution in [2.75, 3.05) is 0 Å². The first-order chi connectivity index (χ1) is 9.27. The third kappa shape index (κ3) is 2.29. The molecule has 0 N–H and O–H groups in total. The molecule has 4 unspecified atom stereocenters. The summed E-state index contributed by atoms with van der Waals surface area (Å²) < 4.78 is 0. The topological polar surface area (TPSA) is 37.4 Å². The quantitative estimate of drug-likeness (QED) is 0.743. The molecular formula is C17H29NO2. The van der Waals surface area contributed by atoms with E-state index in [4.69, 9.17) is 0 Å². The Bertz CT molecular complexity index is 366. The zero-order chi connectivity index (χ0) is 15.2. The molecule has 1 heterocycles. The van der Waals surface area contributed by atoms with E-state index in [-0.39, 0.29) is 29.7 Å². The lowest BCUT2D eigenvalue weighted by Crippen LogP contribution is -2.40. The molecule has 2 aliphatic rings. The molecule has 1 saturated carbocycles. The number of fused-ring (bicyclic) bond motifs is 1. The maximum Gasteiger partial charge on any atom is 0.233 e. The van der Waals surface area contributed by atoms with Gasteiger partial charge in [-0.25, -0.2) is 0 Å². The number of carbonyl (C=O) groups excluding carboxylic acids is 2. The first kappa shape index (κ1) is 15.5. The van der Waals surface area contributed by atoms with Crippen LogP contribution in [0.25, 0.3) is 0 Å². The van der Waals surface area contributed by atoms with Gasteiger partial charge < -0.3 is 0 Å². The predicted molar refractivity (Wildman–Crippen MR) is 79.9 cm³/mol. The van der Waals surface area contributed by atoms with E-state index in [0.717, 1.165) is 12.8 Å². The largest absolute Gasteiger partial charge is 0.280 e. The smallest absolute Gasteiger partial charge is 0.233 e. The summed E-state index contributed by atoms with van der Waals surface area (Å²) in [6.45, 7) is 12.6. The molecule has 0 aromatic heterocycles. The minimum atomic E-state index is -0.0638. The molecule has 0 spiro atoms. The molecule has 3 heteroatoms. The predicted octanol–water partition coefficient (Wildman–Crippen LogP) is 3.33. The van der Waals surface area contributed by atoms with E-state index in [1.54, 1.807) is 4.90 Å². The monoisotopic (exact) mass is 279 g/mol. The molecule has 114 valence electrons. The Morgan fingerprint density at radius 1 is 0.800 bits per heavy atom. The zero-order valence-corrected chi connectivity index (χ0v) is 13.7. The van der Waals surface area contributed by atoms with Crippen molar-refractivity contribution in [3.63, 3.8) is 0 Å². The van der Waals surface area contributed by atoms with Crippen LogP contribution in [0, 0.1) is 35.5 Å². The van der Waals surface area contributed by atoms with Gasteiger partial charge >= 0.3 is 0 Å². The van der Waals surface area contributed by atoms with Crippen LogP contribution in [-0.4, -0.2) is 22.8 Å². The number of hydrogen-bond donors (Lipinski definition) is 0. The highest BCUT2D eigenvalue weighted by molar-refractivity contribution is 6.05. The van der Waals surface area contributed by atoms with Gasteiger partial charge in [0.05, 0.1) is 11.8 Å². The molecule has 0 aromatic rings. The lowest BCUT2D eigenvalue weighted by Gasteiger charge is -2.40. The summed E-state index contributed by atoms with van der Waals surface area (Å²) >= 11 is 0. The molecule has 1 aliphatic carbocycles. The van der Waals surface area contributed by atoms with Crippen LogP contribution in [0.3, 0.4) is 0 Å². The van der Waals surface area contributed by atoms with Gasteiger partial charge in [0.2, 0.25) is 11.8 Å². The minimum absolute atomic E-state index is 0.0128. The average molecular weight is 279 g/mol. The number of amides is 2. The Kier molecular flexibility index (Phi) is 4.27. The molecule has 0 radical (unpaired) electrons. The highest BCUT2D eigenvalue weighted by Crippen LogP contribution is 2.49. The third-order valence-corrected chi connectivity index (χ3v) is 5.42. The van der Waals surface area contributed by atoms with Crippen molar-refractivity contribution in [2.24, 2.45) is 35.5 Å². The van der Waals surface area contributed by atoms with Crippen molar-refractivity contribution >= 4 is 11.8 Å². The van der Waals surface area contributed by atoms with Gasteiger partial charge in [-0.05, 0) is 50.4 Å². The van der Waals surface area contributed by atoms with E-state index < -0.39 is 0 Å². The van der Waals surface area contributed by atoms with Crippen LogP contribution in [0.15, 0.2) is 0 Å². The van der Waals surface area contributed by atoms with Crippen LogP contribution >= 0.6 is 0 Å². The van der Waals surface area contributed by atoms with E-state index >= 15 is 0 Å². The number of nitrogens with zero attached hydrogens (tertiary/aromatic N) is 1. The fourth-order valence-corrected chi connectivity index (χ4v) is 4.38. The Hall–Kier alpha value is -0.860. The van der Waals surface area contributed by atoms with Crippen LogP contribution in [0.1, 0.15) is 54.4 Å². The molecule has 20 heavy (non-hydrogen) atoms. The number of likely N-dealkylation sites (tertiary alicyclic amines) is 1. The molecule has 4 atom stereocenters. The molecule has 2 amide bonds. The molecule has 0 bridgehead atoms. The summed E-state index contributed by atoms with van der Waals surface area (Å²) in [6.07, 6.45) is 2.18. The lowest BCUT2D eigenvalue weighted by molar-refractivity contribution is -0.142. The summed E-state index contributed by atoms with van der Waals surface area (Å²) in [6, 6.07) is -0.0128. The van der Waals surface area contributed by atoms with Crippen molar-refractivity contribution < 1.29 is 9.59 Å². The highest BCUT2D eigenvalue weighted by atomic mass is 16.2. The zero-order valence-electron chi connectivity index (χ0n) is 13.7. The normalized spacial score (nSPS) is 34.5. The first-order valence-electron chi connectivity index (χ1n) is 8.14. The summed E-state index contributed by atoms with van der Waals surface area (Å²) in [5.74, 6) is 1.75. The van der Waals surface area contributed by atoms with Crippen LogP contribution in [-0.2, 0) is 9.59 Å². The molecule has 2 rings (SSSR count). The Morgan fingerprint density at radius 2 is 1.15 bits per heavy atom. The van der Waals surface area contributed by atoms with E-state index in [2.05, 4.69) is 27.7 Å². The van der Waals surface area contributed by atoms with Crippen LogP contribution in [0.2, 0.25) is 0 Å². The second-order valence-electron chi connectivity index (χ2n) is 7.58. The number of imide groups is 1. The fraction of sp³-hybridized carbons (Fsp3) is 0.882. The van der Waals surface area contributed by atoms with Gasteiger partial charge in [-0.2, -0.15) is 0 Å². The van der Waals surface area contributed by atoms with E-state index in [9.17, 15) is 9.59 Å². The van der Waals surface area contributed by atoms with Crippen molar-refractivity contribution in [2.45, 2.75) is 60.4 Å². The van der Waals surface area contributed by atoms with Crippen LogP contribution < -0.4 is 0 Å².